The molecule has 0 fully saturated rings. The van der Waals surface area contributed by atoms with Crippen LogP contribution >= 0.6 is 35.0 Å². The number of thioether (sulfide) groups is 1. The average molecular weight is 558 g/mol. The minimum Gasteiger partial charge on any atom is -0.350 e. The molecule has 0 aliphatic carbocycles. The Morgan fingerprint density at radius 2 is 1.49 bits per heavy atom. The monoisotopic (exact) mass is 556 g/mol. The molecule has 0 aliphatic heterocycles. The van der Waals surface area contributed by atoms with Gasteiger partial charge in [-0.3, -0.25) is 9.59 Å². The highest BCUT2D eigenvalue weighted by atomic mass is 35.5. The van der Waals surface area contributed by atoms with E-state index in [0.717, 1.165) is 16.9 Å². The number of hydrogen-bond donors (Lipinski definition) is 1. The first-order valence-corrected chi connectivity index (χ1v) is 14.2. The molecular weight excluding hydrogens is 523 g/mol. The number of benzene rings is 3. The van der Waals surface area contributed by atoms with E-state index in [1.165, 1.54) is 5.56 Å². The van der Waals surface area contributed by atoms with Gasteiger partial charge in [-0.1, -0.05) is 89.9 Å². The molecule has 0 saturated carbocycles. The third-order valence-electron chi connectivity index (χ3n) is 5.68. The van der Waals surface area contributed by atoms with Crippen molar-refractivity contribution in [3.8, 4) is 0 Å². The summed E-state index contributed by atoms with van der Waals surface area (Å²) in [5.74, 6) is 1.24. The van der Waals surface area contributed by atoms with Gasteiger partial charge in [-0.05, 0) is 49.6 Å². The van der Waals surface area contributed by atoms with Gasteiger partial charge in [-0.2, -0.15) is 11.8 Å². The standard InChI is InChI=1S/C30H34Cl2N2O2S/c1-30(2,3)33-29(36)27(19-22-10-6-4-7-11-22)34(20-24-14-15-25(31)26(32)18-24)28(35)16-17-37-21-23-12-8-5-9-13-23/h4-15,18,27H,16-17,19-21H2,1-3H3,(H,33,36)/t27-/m0/s1. The van der Waals surface area contributed by atoms with Crippen LogP contribution in [0.1, 0.15) is 43.9 Å². The van der Waals surface area contributed by atoms with Gasteiger partial charge in [0, 0.05) is 36.4 Å². The molecule has 0 heterocycles. The highest BCUT2D eigenvalue weighted by Crippen LogP contribution is 2.25. The van der Waals surface area contributed by atoms with E-state index in [1.807, 2.05) is 75.4 Å². The third-order valence-corrected chi connectivity index (χ3v) is 7.45. The van der Waals surface area contributed by atoms with E-state index in [1.54, 1.807) is 28.8 Å². The molecule has 0 radical (unpaired) electrons. The summed E-state index contributed by atoms with van der Waals surface area (Å²) < 4.78 is 0. The summed E-state index contributed by atoms with van der Waals surface area (Å²) in [7, 11) is 0. The van der Waals surface area contributed by atoms with Gasteiger partial charge >= 0.3 is 0 Å². The number of amides is 2. The molecule has 196 valence electrons. The summed E-state index contributed by atoms with van der Waals surface area (Å²) in [4.78, 5) is 29.0. The summed E-state index contributed by atoms with van der Waals surface area (Å²) in [5, 5.41) is 3.96. The molecule has 2 amide bonds. The molecule has 0 aromatic heterocycles. The Morgan fingerprint density at radius 1 is 0.865 bits per heavy atom. The maximum absolute atomic E-state index is 13.7. The van der Waals surface area contributed by atoms with E-state index in [2.05, 4.69) is 17.4 Å². The largest absolute Gasteiger partial charge is 0.350 e. The van der Waals surface area contributed by atoms with Gasteiger partial charge in [-0.15, -0.1) is 0 Å². The van der Waals surface area contributed by atoms with Crippen molar-refractivity contribution in [3.05, 3.63) is 106 Å². The lowest BCUT2D eigenvalue weighted by molar-refractivity contribution is -0.141. The average Bonchev–Trinajstić information content (AvgIpc) is 2.86. The predicted molar refractivity (Wildman–Crippen MR) is 156 cm³/mol. The summed E-state index contributed by atoms with van der Waals surface area (Å²) in [6.07, 6.45) is 0.736. The van der Waals surface area contributed by atoms with E-state index < -0.39 is 11.6 Å². The van der Waals surface area contributed by atoms with Crippen LogP contribution in [0.2, 0.25) is 10.0 Å². The molecule has 0 aliphatic rings. The topological polar surface area (TPSA) is 49.4 Å². The first kappa shape index (κ1) is 29.1. The Hall–Kier alpha value is -2.47. The first-order valence-electron chi connectivity index (χ1n) is 12.3. The van der Waals surface area contributed by atoms with Crippen LogP contribution in [-0.4, -0.2) is 34.0 Å². The molecule has 3 aromatic rings. The van der Waals surface area contributed by atoms with Crippen LogP contribution in [0, 0.1) is 0 Å². The zero-order valence-electron chi connectivity index (χ0n) is 21.5. The van der Waals surface area contributed by atoms with Crippen LogP contribution in [0.4, 0.5) is 0 Å². The second-order valence-electron chi connectivity index (χ2n) is 10.0. The van der Waals surface area contributed by atoms with E-state index in [9.17, 15) is 9.59 Å². The van der Waals surface area contributed by atoms with E-state index >= 15 is 0 Å². The number of carbonyl (C=O) groups excluding carboxylic acids is 2. The second-order valence-corrected chi connectivity index (χ2v) is 11.9. The summed E-state index contributed by atoms with van der Waals surface area (Å²) in [6.45, 7) is 6.08. The molecule has 3 aromatic carbocycles. The fourth-order valence-corrected chi connectivity index (χ4v) is 5.12. The number of rotatable bonds is 11. The minimum atomic E-state index is -0.678. The fourth-order valence-electron chi connectivity index (χ4n) is 3.91. The molecule has 1 atom stereocenters. The van der Waals surface area contributed by atoms with Crippen molar-refractivity contribution in [2.24, 2.45) is 0 Å². The van der Waals surface area contributed by atoms with Gasteiger partial charge in [0.25, 0.3) is 0 Å². The van der Waals surface area contributed by atoms with Gasteiger partial charge in [0.2, 0.25) is 11.8 Å². The van der Waals surface area contributed by atoms with Crippen molar-refractivity contribution in [2.45, 2.75) is 57.5 Å². The van der Waals surface area contributed by atoms with Crippen molar-refractivity contribution in [3.63, 3.8) is 0 Å². The highest BCUT2D eigenvalue weighted by molar-refractivity contribution is 7.98. The lowest BCUT2D eigenvalue weighted by Crippen LogP contribution is -2.54. The summed E-state index contributed by atoms with van der Waals surface area (Å²) in [5.41, 5.74) is 2.60. The molecule has 0 bridgehead atoms. The number of hydrogen-bond acceptors (Lipinski definition) is 3. The van der Waals surface area contributed by atoms with Crippen LogP contribution in [0.25, 0.3) is 0 Å². The SMILES string of the molecule is CC(C)(C)NC(=O)[C@H](Cc1ccccc1)N(Cc1ccc(Cl)c(Cl)c1)C(=O)CCSCc1ccccc1. The second kappa shape index (κ2) is 13.9. The lowest BCUT2D eigenvalue weighted by atomic mass is 10.0. The van der Waals surface area contributed by atoms with E-state index in [4.69, 9.17) is 23.2 Å². The summed E-state index contributed by atoms with van der Waals surface area (Å²) >= 11 is 14.1. The maximum atomic E-state index is 13.7. The highest BCUT2D eigenvalue weighted by Gasteiger charge is 2.32. The Labute approximate surface area is 234 Å². The smallest absolute Gasteiger partial charge is 0.243 e. The molecule has 37 heavy (non-hydrogen) atoms. The number of nitrogens with one attached hydrogen (secondary N) is 1. The Morgan fingerprint density at radius 3 is 2.08 bits per heavy atom. The molecular formula is C30H34Cl2N2O2S. The molecule has 7 heteroatoms. The Balaban J connectivity index is 1.84. The fraction of sp³-hybridized carbons (Fsp3) is 0.333. The molecule has 0 spiro atoms. The predicted octanol–water partition coefficient (Wildman–Crippen LogP) is 7.17. The maximum Gasteiger partial charge on any atom is 0.243 e. The van der Waals surface area contributed by atoms with Crippen molar-refractivity contribution in [1.82, 2.24) is 10.2 Å². The minimum absolute atomic E-state index is 0.0726. The van der Waals surface area contributed by atoms with Gasteiger partial charge in [0.1, 0.15) is 6.04 Å². The van der Waals surface area contributed by atoms with E-state index in [-0.39, 0.29) is 18.4 Å². The summed E-state index contributed by atoms with van der Waals surface area (Å²) in [6, 6.07) is 24.6. The number of nitrogens with zero attached hydrogens (tertiary/aromatic N) is 1. The third kappa shape index (κ3) is 9.73. The van der Waals surface area contributed by atoms with E-state index in [0.29, 0.717) is 28.6 Å². The van der Waals surface area contributed by atoms with Gasteiger partial charge < -0.3 is 10.2 Å². The van der Waals surface area contributed by atoms with Crippen molar-refractivity contribution < 1.29 is 9.59 Å². The normalized spacial score (nSPS) is 12.1. The van der Waals surface area contributed by atoms with Crippen molar-refractivity contribution in [2.75, 3.05) is 5.75 Å². The molecule has 4 nitrogen and oxygen atoms in total. The van der Waals surface area contributed by atoms with Crippen LogP contribution < -0.4 is 5.32 Å². The van der Waals surface area contributed by atoms with Crippen LogP contribution in [-0.2, 0) is 28.3 Å². The quantitative estimate of drug-likeness (QED) is 0.254. The van der Waals surface area contributed by atoms with Crippen molar-refractivity contribution >= 4 is 46.8 Å². The molecule has 0 saturated heterocycles. The molecule has 0 unspecified atom stereocenters. The van der Waals surface area contributed by atoms with Gasteiger partial charge in [0.05, 0.1) is 10.0 Å². The molecule has 1 N–H and O–H groups in total. The number of halogens is 2. The van der Waals surface area contributed by atoms with Gasteiger partial charge in [-0.25, -0.2) is 0 Å². The van der Waals surface area contributed by atoms with Crippen LogP contribution in [0.5, 0.6) is 0 Å². The number of carbonyl (C=O) groups is 2. The Kier molecular flexibility index (Phi) is 10.9. The lowest BCUT2D eigenvalue weighted by Gasteiger charge is -2.34. The zero-order valence-corrected chi connectivity index (χ0v) is 23.9. The van der Waals surface area contributed by atoms with Gasteiger partial charge in [0.15, 0.2) is 0 Å². The zero-order chi connectivity index (χ0) is 26.8. The Bertz CT molecular complexity index is 1170. The van der Waals surface area contributed by atoms with Crippen LogP contribution in [0.3, 0.4) is 0 Å². The molecule has 3 rings (SSSR count). The van der Waals surface area contributed by atoms with Crippen LogP contribution in [0.15, 0.2) is 78.9 Å². The van der Waals surface area contributed by atoms with Crippen molar-refractivity contribution in [1.29, 1.82) is 0 Å². The first-order chi connectivity index (χ1) is 17.6.